The predicted octanol–water partition coefficient (Wildman–Crippen LogP) is 9.98. The highest BCUT2D eigenvalue weighted by Gasteiger charge is 2.30. The van der Waals surface area contributed by atoms with Crippen molar-refractivity contribution in [3.05, 3.63) is 65.7 Å². The maximum atomic E-state index is 11.6. The molecule has 0 saturated heterocycles. The van der Waals surface area contributed by atoms with Gasteiger partial charge < -0.3 is 0 Å². The maximum Gasteiger partial charge on any atom is 0.377 e. The van der Waals surface area contributed by atoms with Crippen LogP contribution in [0.25, 0.3) is 0 Å². The monoisotopic (exact) mass is 652 g/mol. The fraction of sp³-hybridized carbons (Fsp3) is 0.639. The van der Waals surface area contributed by atoms with E-state index in [0.717, 1.165) is 12.8 Å². The summed E-state index contributed by atoms with van der Waals surface area (Å²) in [6.45, 7) is 29.4. The largest absolute Gasteiger partial charge is 0.377 e. The smallest absolute Gasteiger partial charge is 0.299 e. The average Bonchev–Trinajstić information content (AvgIpc) is 2.95. The van der Waals surface area contributed by atoms with Gasteiger partial charge in [0.2, 0.25) is 0 Å². The zero-order valence-electron chi connectivity index (χ0n) is 30.8. The van der Waals surface area contributed by atoms with Gasteiger partial charge in [-0.15, -0.1) is 0 Å². The second-order valence-electron chi connectivity index (χ2n) is 15.4. The number of carbonyl (C=O) groups excluding carboxylic acids is 1. The molecule has 2 aromatic rings. The molecule has 0 unspecified atom stereocenters. The summed E-state index contributed by atoms with van der Waals surface area (Å²) in [5.74, 6) is 0.306. The maximum absolute atomic E-state index is 11.6. The van der Waals surface area contributed by atoms with E-state index < -0.39 is 11.6 Å². The minimum atomic E-state index is -0.607. The first-order valence-electron chi connectivity index (χ1n) is 15.6. The molecule has 1 N–H and O–H groups in total. The van der Waals surface area contributed by atoms with Crippen molar-refractivity contribution in [1.29, 1.82) is 0 Å². The fourth-order valence-electron chi connectivity index (χ4n) is 2.78. The SMILES string of the molecule is CC(C)(C)OO.CC(C)(C)OOC(C)(C)CCC(C)(C)OOC(C)(C)C.CC(C)c1ccc(OOOC(=O)c2ccccc2)cc1. The van der Waals surface area contributed by atoms with E-state index in [4.69, 9.17) is 29.7 Å². The van der Waals surface area contributed by atoms with E-state index in [1.54, 1.807) is 57.2 Å². The molecule has 264 valence electrons. The topological polar surface area (TPSA) is 111 Å². The Morgan fingerprint density at radius 2 is 1.04 bits per heavy atom. The van der Waals surface area contributed by atoms with Gasteiger partial charge in [-0.1, -0.05) is 44.2 Å². The lowest BCUT2D eigenvalue weighted by atomic mass is 9.94. The summed E-state index contributed by atoms with van der Waals surface area (Å²) in [6.07, 6.45) is 1.62. The van der Waals surface area contributed by atoms with E-state index in [1.165, 1.54) is 5.56 Å². The van der Waals surface area contributed by atoms with Gasteiger partial charge in [0.05, 0.1) is 33.6 Å². The molecule has 0 radical (unpaired) electrons. The third-order valence-corrected chi connectivity index (χ3v) is 5.43. The first-order valence-corrected chi connectivity index (χ1v) is 15.6. The van der Waals surface area contributed by atoms with Gasteiger partial charge in [0, 0.05) is 5.04 Å². The van der Waals surface area contributed by atoms with Crippen molar-refractivity contribution in [2.24, 2.45) is 0 Å². The van der Waals surface area contributed by atoms with Crippen LogP contribution < -0.4 is 4.89 Å². The summed E-state index contributed by atoms with van der Waals surface area (Å²) >= 11 is 0. The first-order chi connectivity index (χ1) is 20.8. The van der Waals surface area contributed by atoms with Crippen molar-refractivity contribution in [3.8, 4) is 5.75 Å². The van der Waals surface area contributed by atoms with E-state index in [2.05, 4.69) is 28.7 Å². The van der Waals surface area contributed by atoms with Crippen LogP contribution in [0.5, 0.6) is 5.75 Å². The third-order valence-electron chi connectivity index (χ3n) is 5.43. The Kier molecular flexibility index (Phi) is 18.2. The zero-order valence-corrected chi connectivity index (χ0v) is 30.8. The van der Waals surface area contributed by atoms with Crippen LogP contribution in [0.4, 0.5) is 0 Å². The van der Waals surface area contributed by atoms with Gasteiger partial charge in [0.1, 0.15) is 0 Å². The standard InChI is InChI=1S/C16H16O4.C16H34O4.C4H10O2/c1-12(2)13-8-10-15(11-9-13)18-20-19-16(17)14-6-4-3-5-7-14;1-13(2,3)17-19-15(7,8)11-12-16(9,10)20-18-14(4,5)6;1-4(2,3)6-5/h3-12H,1-2H3;11-12H2,1-10H3;5H,1-3H3. The molecule has 46 heavy (non-hydrogen) atoms. The van der Waals surface area contributed by atoms with Crippen molar-refractivity contribution in [1.82, 2.24) is 0 Å². The molecule has 10 heteroatoms. The molecule has 0 bridgehead atoms. The van der Waals surface area contributed by atoms with Crippen molar-refractivity contribution >= 4 is 5.97 Å². The molecule has 0 heterocycles. The van der Waals surface area contributed by atoms with Gasteiger partial charge in [-0.05, 0) is 139 Å². The number of benzene rings is 2. The van der Waals surface area contributed by atoms with Gasteiger partial charge in [0.15, 0.2) is 5.75 Å². The molecule has 0 amide bonds. The van der Waals surface area contributed by atoms with E-state index in [9.17, 15) is 4.79 Å². The molecule has 2 aromatic carbocycles. The molecule has 0 saturated carbocycles. The van der Waals surface area contributed by atoms with E-state index in [-0.39, 0.29) is 22.4 Å². The Hall–Kier alpha value is -2.57. The molecule has 0 aliphatic heterocycles. The van der Waals surface area contributed by atoms with Gasteiger partial charge in [0.25, 0.3) is 0 Å². The number of carbonyl (C=O) groups is 1. The van der Waals surface area contributed by atoms with Crippen LogP contribution in [0.3, 0.4) is 0 Å². The predicted molar refractivity (Wildman–Crippen MR) is 179 cm³/mol. The molecule has 0 atom stereocenters. The first kappa shape index (κ1) is 43.4. The molecular formula is C36H60O10. The molecule has 10 nitrogen and oxygen atoms in total. The lowest BCUT2D eigenvalue weighted by molar-refractivity contribution is -0.429. The van der Waals surface area contributed by atoms with Crippen LogP contribution >= 0.6 is 0 Å². The third kappa shape index (κ3) is 23.7. The van der Waals surface area contributed by atoms with Crippen molar-refractivity contribution in [3.63, 3.8) is 0 Å². The van der Waals surface area contributed by atoms with Crippen LogP contribution in [0.1, 0.15) is 139 Å². The molecule has 0 aliphatic carbocycles. The second-order valence-corrected chi connectivity index (χ2v) is 15.4. The summed E-state index contributed by atoms with van der Waals surface area (Å²) in [5, 5.41) is 12.4. The van der Waals surface area contributed by atoms with Crippen molar-refractivity contribution < 1.29 is 49.3 Å². The molecular weight excluding hydrogens is 592 g/mol. The van der Waals surface area contributed by atoms with Gasteiger partial charge in [-0.3, -0.25) is 15.0 Å². The van der Waals surface area contributed by atoms with Gasteiger partial charge in [-0.2, -0.15) is 0 Å². The summed E-state index contributed by atoms with van der Waals surface area (Å²) < 4.78 is 0. The Bertz CT molecular complexity index is 1060. The molecule has 0 aliphatic rings. The highest BCUT2D eigenvalue weighted by molar-refractivity contribution is 5.88. The second kappa shape index (κ2) is 19.3. The summed E-state index contributed by atoms with van der Waals surface area (Å²) in [6, 6.07) is 15.9. The molecule has 2 rings (SSSR count). The number of rotatable bonds is 12. The normalized spacial score (nSPS) is 12.5. The number of hydrogen-bond donors (Lipinski definition) is 1. The Morgan fingerprint density at radius 3 is 1.39 bits per heavy atom. The summed E-state index contributed by atoms with van der Waals surface area (Å²) in [4.78, 5) is 46.8. The van der Waals surface area contributed by atoms with E-state index >= 15 is 0 Å². The van der Waals surface area contributed by atoms with E-state index in [0.29, 0.717) is 17.2 Å². The molecule has 0 spiro atoms. The van der Waals surface area contributed by atoms with Crippen LogP contribution in [-0.2, 0) is 34.4 Å². The zero-order chi connectivity index (χ0) is 35.8. The van der Waals surface area contributed by atoms with Crippen LogP contribution in [0.15, 0.2) is 54.6 Å². The number of hydrogen-bond acceptors (Lipinski definition) is 10. The molecule has 0 fully saturated rings. The van der Waals surface area contributed by atoms with Gasteiger partial charge >= 0.3 is 5.97 Å². The Balaban J connectivity index is 0.000000749. The van der Waals surface area contributed by atoms with E-state index in [1.807, 2.05) is 87.4 Å². The van der Waals surface area contributed by atoms with Gasteiger partial charge in [-0.25, -0.2) is 29.2 Å². The average molecular weight is 653 g/mol. The highest BCUT2D eigenvalue weighted by atomic mass is 17.5. The minimum absolute atomic E-state index is 0.307. The lowest BCUT2D eigenvalue weighted by Crippen LogP contribution is -2.35. The molecule has 0 aromatic heterocycles. The van der Waals surface area contributed by atoms with Crippen LogP contribution in [-0.4, -0.2) is 39.2 Å². The lowest BCUT2D eigenvalue weighted by Gasteiger charge is -2.33. The van der Waals surface area contributed by atoms with Crippen molar-refractivity contribution in [2.45, 2.75) is 151 Å². The summed E-state index contributed by atoms with van der Waals surface area (Å²) in [5.41, 5.74) is -0.160. The highest BCUT2D eigenvalue weighted by Crippen LogP contribution is 2.28. The minimum Gasteiger partial charge on any atom is -0.299 e. The van der Waals surface area contributed by atoms with Crippen LogP contribution in [0.2, 0.25) is 0 Å². The van der Waals surface area contributed by atoms with Crippen LogP contribution in [0, 0.1) is 0 Å². The van der Waals surface area contributed by atoms with Crippen molar-refractivity contribution in [2.75, 3.05) is 0 Å². The quantitative estimate of drug-likeness (QED) is 0.176. The Labute approximate surface area is 277 Å². The Morgan fingerprint density at radius 1 is 0.630 bits per heavy atom. The summed E-state index contributed by atoms with van der Waals surface area (Å²) in [7, 11) is 0. The fourth-order valence-corrected chi connectivity index (χ4v) is 2.78.